The number of likely N-dealkylation sites (N-methyl/N-ethyl adjacent to an activating group) is 1. The summed E-state index contributed by atoms with van der Waals surface area (Å²) in [5.41, 5.74) is 1.67. The second-order valence-corrected chi connectivity index (χ2v) is 10.6. The Labute approximate surface area is 209 Å². The molecule has 1 atom stereocenters. The first-order valence-corrected chi connectivity index (χ1v) is 13.1. The second-order valence-electron chi connectivity index (χ2n) is 7.51. The molecule has 0 fully saturated rings. The van der Waals surface area contributed by atoms with Gasteiger partial charge in [-0.05, 0) is 48.7 Å². The first-order chi connectivity index (χ1) is 15.4. The lowest BCUT2D eigenvalue weighted by molar-refractivity contribution is -0.140. The summed E-state index contributed by atoms with van der Waals surface area (Å²) in [5.74, 6) is -0.922. The van der Waals surface area contributed by atoms with Crippen molar-refractivity contribution in [2.24, 2.45) is 0 Å². The molecule has 33 heavy (non-hydrogen) atoms. The Morgan fingerprint density at radius 1 is 1.03 bits per heavy atom. The number of nitrogens with zero attached hydrogens (tertiary/aromatic N) is 2. The summed E-state index contributed by atoms with van der Waals surface area (Å²) in [6.07, 6.45) is 1.33. The van der Waals surface area contributed by atoms with E-state index < -0.39 is 28.5 Å². The quantitative estimate of drug-likeness (QED) is 0.520. The van der Waals surface area contributed by atoms with E-state index in [1.807, 2.05) is 0 Å². The van der Waals surface area contributed by atoms with E-state index in [0.29, 0.717) is 27.1 Å². The number of carbonyl (C=O) groups is 2. The molecule has 0 aliphatic carbocycles. The maximum Gasteiger partial charge on any atom is 0.244 e. The molecule has 0 spiro atoms. The number of aryl methyl sites for hydroxylation is 1. The molecule has 180 valence electrons. The zero-order valence-electron chi connectivity index (χ0n) is 18.7. The first-order valence-electron chi connectivity index (χ1n) is 10.1. The fourth-order valence-corrected chi connectivity index (χ4v) is 4.61. The van der Waals surface area contributed by atoms with E-state index in [1.54, 1.807) is 44.2 Å². The lowest BCUT2D eigenvalue weighted by atomic mass is 10.1. The number of benzene rings is 2. The van der Waals surface area contributed by atoms with Gasteiger partial charge in [-0.2, -0.15) is 0 Å². The van der Waals surface area contributed by atoms with Crippen molar-refractivity contribution in [3.05, 3.63) is 62.6 Å². The molecular weight excluding hydrogens is 509 g/mol. The molecule has 2 amide bonds. The Kier molecular flexibility index (Phi) is 9.43. The van der Waals surface area contributed by atoms with E-state index in [9.17, 15) is 18.0 Å². The molecule has 11 heteroatoms. The van der Waals surface area contributed by atoms with Crippen molar-refractivity contribution in [1.29, 1.82) is 0 Å². The third-order valence-corrected chi connectivity index (χ3v) is 7.38. The van der Waals surface area contributed by atoms with E-state index in [2.05, 4.69) is 5.32 Å². The number of hydrogen-bond donors (Lipinski definition) is 1. The molecule has 0 bridgehead atoms. The fraction of sp³-hybridized carbons (Fsp3) is 0.364. The Bertz CT molecular complexity index is 1140. The summed E-state index contributed by atoms with van der Waals surface area (Å²) in [7, 11) is -2.36. The van der Waals surface area contributed by atoms with Crippen molar-refractivity contribution in [3.8, 4) is 0 Å². The minimum absolute atomic E-state index is 0.0356. The van der Waals surface area contributed by atoms with Gasteiger partial charge in [-0.25, -0.2) is 8.42 Å². The van der Waals surface area contributed by atoms with Crippen molar-refractivity contribution >= 4 is 62.3 Å². The minimum Gasteiger partial charge on any atom is -0.357 e. The summed E-state index contributed by atoms with van der Waals surface area (Å²) < 4.78 is 26.1. The summed E-state index contributed by atoms with van der Waals surface area (Å²) in [4.78, 5) is 27.3. The van der Waals surface area contributed by atoms with Gasteiger partial charge in [0.05, 0.1) is 22.0 Å². The van der Waals surface area contributed by atoms with E-state index in [-0.39, 0.29) is 18.1 Å². The summed E-state index contributed by atoms with van der Waals surface area (Å²) in [6.45, 7) is 3.08. The Balaban J connectivity index is 2.46. The molecule has 0 heterocycles. The zero-order valence-corrected chi connectivity index (χ0v) is 21.8. The Morgan fingerprint density at radius 2 is 1.70 bits per heavy atom. The predicted molar refractivity (Wildman–Crippen MR) is 134 cm³/mol. The fourth-order valence-electron chi connectivity index (χ4n) is 3.27. The molecular formula is C22H26Cl3N3O4S. The van der Waals surface area contributed by atoms with Crippen molar-refractivity contribution < 1.29 is 18.0 Å². The standard InChI is InChI=1S/C22H26Cl3N3O4S/c1-5-20(22(30)26-3)27(12-15-7-9-17(23)19(25)10-15)21(29)13-28(33(4,31)32)16-8-6-14(2)18(24)11-16/h6-11,20H,5,12-13H2,1-4H3,(H,26,30)/t20-/m1/s1. The molecule has 2 rings (SSSR count). The normalized spacial score (nSPS) is 12.2. The number of halogens is 3. The molecule has 2 aromatic rings. The van der Waals surface area contributed by atoms with E-state index in [4.69, 9.17) is 34.8 Å². The van der Waals surface area contributed by atoms with Gasteiger partial charge < -0.3 is 10.2 Å². The average Bonchev–Trinajstić information content (AvgIpc) is 2.75. The van der Waals surface area contributed by atoms with Crippen LogP contribution in [0.2, 0.25) is 15.1 Å². The van der Waals surface area contributed by atoms with Crippen molar-refractivity contribution in [2.75, 3.05) is 24.2 Å². The van der Waals surface area contributed by atoms with Crippen molar-refractivity contribution in [2.45, 2.75) is 32.9 Å². The topological polar surface area (TPSA) is 86.8 Å². The van der Waals surface area contributed by atoms with Gasteiger partial charge in [-0.3, -0.25) is 13.9 Å². The van der Waals surface area contributed by atoms with Crippen LogP contribution in [0, 0.1) is 6.92 Å². The van der Waals surface area contributed by atoms with Crippen LogP contribution in [0.25, 0.3) is 0 Å². The highest BCUT2D eigenvalue weighted by Crippen LogP contribution is 2.27. The van der Waals surface area contributed by atoms with Crippen LogP contribution in [0.5, 0.6) is 0 Å². The molecule has 1 N–H and O–H groups in total. The number of rotatable bonds is 9. The number of carbonyl (C=O) groups excluding carboxylic acids is 2. The summed E-state index contributed by atoms with van der Waals surface area (Å²) in [6, 6.07) is 8.82. The van der Waals surface area contributed by atoms with Crippen LogP contribution < -0.4 is 9.62 Å². The van der Waals surface area contributed by atoms with Crippen LogP contribution in [-0.2, 0) is 26.2 Å². The number of amides is 2. The largest absolute Gasteiger partial charge is 0.357 e. The highest BCUT2D eigenvalue weighted by Gasteiger charge is 2.31. The van der Waals surface area contributed by atoms with Gasteiger partial charge in [-0.15, -0.1) is 0 Å². The highest BCUT2D eigenvalue weighted by atomic mass is 35.5. The third kappa shape index (κ3) is 6.99. The maximum atomic E-state index is 13.5. The monoisotopic (exact) mass is 533 g/mol. The van der Waals surface area contributed by atoms with Gasteiger partial charge in [0, 0.05) is 18.6 Å². The van der Waals surface area contributed by atoms with Crippen LogP contribution in [0.3, 0.4) is 0 Å². The van der Waals surface area contributed by atoms with Gasteiger partial charge in [0.1, 0.15) is 12.6 Å². The van der Waals surface area contributed by atoms with Gasteiger partial charge in [0.2, 0.25) is 21.8 Å². The molecule has 0 radical (unpaired) electrons. The van der Waals surface area contributed by atoms with Crippen LogP contribution in [0.1, 0.15) is 24.5 Å². The summed E-state index contributed by atoms with van der Waals surface area (Å²) >= 11 is 18.3. The van der Waals surface area contributed by atoms with Crippen LogP contribution in [0.15, 0.2) is 36.4 Å². The van der Waals surface area contributed by atoms with Crippen LogP contribution in [-0.4, -0.2) is 51.0 Å². The van der Waals surface area contributed by atoms with E-state index >= 15 is 0 Å². The lowest BCUT2D eigenvalue weighted by Crippen LogP contribution is -2.51. The molecule has 0 aliphatic rings. The minimum atomic E-state index is -3.83. The molecule has 0 saturated heterocycles. The van der Waals surface area contributed by atoms with E-state index in [0.717, 1.165) is 16.1 Å². The van der Waals surface area contributed by atoms with E-state index in [1.165, 1.54) is 18.0 Å². The predicted octanol–water partition coefficient (Wildman–Crippen LogP) is 4.27. The van der Waals surface area contributed by atoms with Gasteiger partial charge in [-0.1, -0.05) is 53.9 Å². The third-order valence-electron chi connectivity index (χ3n) is 5.09. The smallest absolute Gasteiger partial charge is 0.244 e. The van der Waals surface area contributed by atoms with Gasteiger partial charge >= 0.3 is 0 Å². The van der Waals surface area contributed by atoms with Crippen molar-refractivity contribution in [1.82, 2.24) is 10.2 Å². The van der Waals surface area contributed by atoms with Crippen LogP contribution >= 0.6 is 34.8 Å². The van der Waals surface area contributed by atoms with Crippen LogP contribution in [0.4, 0.5) is 5.69 Å². The molecule has 7 nitrogen and oxygen atoms in total. The number of sulfonamides is 1. The average molecular weight is 535 g/mol. The maximum absolute atomic E-state index is 13.5. The highest BCUT2D eigenvalue weighted by molar-refractivity contribution is 7.92. The molecule has 2 aromatic carbocycles. The zero-order chi connectivity index (χ0) is 24.9. The summed E-state index contributed by atoms with van der Waals surface area (Å²) in [5, 5.41) is 3.60. The SMILES string of the molecule is CC[C@H](C(=O)NC)N(Cc1ccc(Cl)c(Cl)c1)C(=O)CN(c1ccc(C)c(Cl)c1)S(C)(=O)=O. The van der Waals surface area contributed by atoms with Gasteiger partial charge in [0.15, 0.2) is 0 Å². The van der Waals surface area contributed by atoms with Crippen molar-refractivity contribution in [3.63, 3.8) is 0 Å². The molecule has 0 aliphatic heterocycles. The second kappa shape index (κ2) is 11.4. The molecule has 0 unspecified atom stereocenters. The Hall–Kier alpha value is -2.00. The number of nitrogens with one attached hydrogen (secondary N) is 1. The molecule has 0 aromatic heterocycles. The number of hydrogen-bond acceptors (Lipinski definition) is 4. The first kappa shape index (κ1) is 27.2. The van der Waals surface area contributed by atoms with Gasteiger partial charge in [0.25, 0.3) is 0 Å². The molecule has 0 saturated carbocycles. The Morgan fingerprint density at radius 3 is 2.21 bits per heavy atom. The lowest BCUT2D eigenvalue weighted by Gasteiger charge is -2.32. The number of anilines is 1.